The molecule has 2 heterocycles. The van der Waals surface area contributed by atoms with Gasteiger partial charge in [0.05, 0.1) is 5.92 Å². The molecule has 0 radical (unpaired) electrons. The lowest BCUT2D eigenvalue weighted by Crippen LogP contribution is -2.22. The number of hydrogen-bond donors (Lipinski definition) is 0. The van der Waals surface area contributed by atoms with Gasteiger partial charge in [0, 0.05) is 22.3 Å². The molecule has 1 aliphatic heterocycles. The van der Waals surface area contributed by atoms with E-state index in [4.69, 9.17) is 19.7 Å². The predicted octanol–water partition coefficient (Wildman–Crippen LogP) is 8.90. The van der Waals surface area contributed by atoms with Crippen LogP contribution in [0.5, 0.6) is 5.75 Å². The fourth-order valence-electron chi connectivity index (χ4n) is 6.07. The lowest BCUT2D eigenvalue weighted by atomic mass is 9.79. The Bertz CT molecular complexity index is 1980. The van der Waals surface area contributed by atoms with Crippen molar-refractivity contribution < 1.29 is 4.74 Å². The highest BCUT2D eigenvalue weighted by Crippen LogP contribution is 2.50. The molecule has 0 amide bonds. The maximum absolute atomic E-state index is 6.44. The van der Waals surface area contributed by atoms with Crippen LogP contribution in [0.4, 0.5) is 0 Å². The summed E-state index contributed by atoms with van der Waals surface area (Å²) < 4.78 is 6.44. The van der Waals surface area contributed by atoms with E-state index in [1.54, 1.807) is 0 Å². The molecule has 1 aromatic heterocycles. The molecule has 0 bridgehead atoms. The second kappa shape index (κ2) is 10.7. The molecule has 0 saturated heterocycles. The van der Waals surface area contributed by atoms with Gasteiger partial charge in [-0.15, -0.1) is 0 Å². The molecule has 4 nitrogen and oxygen atoms in total. The molecule has 2 unspecified atom stereocenters. The zero-order valence-electron chi connectivity index (χ0n) is 23.3. The van der Waals surface area contributed by atoms with Crippen LogP contribution >= 0.6 is 0 Å². The van der Waals surface area contributed by atoms with Crippen LogP contribution in [0.1, 0.15) is 22.9 Å². The standard InChI is InChI=1S/C39H27N3O/c1-4-12-26(13-5-1)27-20-22-30(23-21-27)38-40-37(29-16-8-3-9-17-29)41-39(42-38)36-31(28-14-6-2-7-15-28)24-25-34-35(36)32-18-10-11-19-33(32)43-34/h1-25,34-35H. The van der Waals surface area contributed by atoms with E-state index in [-0.39, 0.29) is 12.0 Å². The molecule has 6 aromatic rings. The van der Waals surface area contributed by atoms with Crippen LogP contribution in [0, 0.1) is 0 Å². The SMILES string of the molecule is C1=CC2Oc3ccccc3C2C(c2nc(-c3ccccc3)nc(-c3ccc(-c4ccccc4)cc3)n2)=C1c1ccccc1. The van der Waals surface area contributed by atoms with Crippen LogP contribution in [0.3, 0.4) is 0 Å². The van der Waals surface area contributed by atoms with Gasteiger partial charge in [-0.2, -0.15) is 0 Å². The Kier molecular flexibility index (Phi) is 6.23. The minimum atomic E-state index is -0.134. The fraction of sp³-hybridized carbons (Fsp3) is 0.0513. The zero-order chi connectivity index (χ0) is 28.6. The summed E-state index contributed by atoms with van der Waals surface area (Å²) in [5.74, 6) is 2.81. The van der Waals surface area contributed by atoms with E-state index in [1.165, 1.54) is 5.56 Å². The van der Waals surface area contributed by atoms with Crippen molar-refractivity contribution in [2.45, 2.75) is 12.0 Å². The number of rotatable bonds is 5. The minimum absolute atomic E-state index is 0.0456. The summed E-state index contributed by atoms with van der Waals surface area (Å²) >= 11 is 0. The Balaban J connectivity index is 1.34. The van der Waals surface area contributed by atoms with Crippen LogP contribution in [0.25, 0.3) is 45.0 Å². The smallest absolute Gasteiger partial charge is 0.164 e. The Morgan fingerprint density at radius 2 is 0.930 bits per heavy atom. The third kappa shape index (κ3) is 4.63. The summed E-state index contributed by atoms with van der Waals surface area (Å²) in [5, 5.41) is 0. The van der Waals surface area contributed by atoms with Crippen molar-refractivity contribution in [2.24, 2.45) is 0 Å². The number of allylic oxidation sites excluding steroid dienone is 2. The topological polar surface area (TPSA) is 47.9 Å². The molecular weight excluding hydrogens is 526 g/mol. The number of benzene rings is 5. The molecule has 0 saturated carbocycles. The average Bonchev–Trinajstić information content (AvgIpc) is 3.48. The van der Waals surface area contributed by atoms with Crippen LogP contribution in [-0.2, 0) is 0 Å². The summed E-state index contributed by atoms with van der Waals surface area (Å²) in [5.41, 5.74) is 8.62. The molecule has 8 rings (SSSR count). The molecular formula is C39H27N3O. The molecule has 2 aliphatic rings. The predicted molar refractivity (Wildman–Crippen MR) is 172 cm³/mol. The van der Waals surface area contributed by atoms with E-state index in [0.29, 0.717) is 17.5 Å². The van der Waals surface area contributed by atoms with Crippen LogP contribution in [0.2, 0.25) is 0 Å². The second-order valence-corrected chi connectivity index (χ2v) is 10.8. The van der Waals surface area contributed by atoms with E-state index < -0.39 is 0 Å². The summed E-state index contributed by atoms with van der Waals surface area (Å²) in [6.07, 6.45) is 4.20. The van der Waals surface area contributed by atoms with E-state index >= 15 is 0 Å². The zero-order valence-corrected chi connectivity index (χ0v) is 23.3. The third-order valence-electron chi connectivity index (χ3n) is 8.14. The normalized spacial score (nSPS) is 16.8. The van der Waals surface area contributed by atoms with Crippen molar-refractivity contribution in [1.29, 1.82) is 0 Å². The van der Waals surface area contributed by atoms with E-state index in [2.05, 4.69) is 97.1 Å². The fourth-order valence-corrected chi connectivity index (χ4v) is 6.07. The number of ether oxygens (including phenoxy) is 1. The Hall–Kier alpha value is -5.61. The van der Waals surface area contributed by atoms with Gasteiger partial charge in [0.2, 0.25) is 0 Å². The molecule has 1 aliphatic carbocycles. The first-order valence-corrected chi connectivity index (χ1v) is 14.5. The second-order valence-electron chi connectivity index (χ2n) is 10.8. The van der Waals surface area contributed by atoms with Crippen molar-refractivity contribution in [3.63, 3.8) is 0 Å². The van der Waals surface area contributed by atoms with Crippen molar-refractivity contribution in [3.05, 3.63) is 169 Å². The maximum atomic E-state index is 6.44. The van der Waals surface area contributed by atoms with E-state index in [9.17, 15) is 0 Å². The van der Waals surface area contributed by atoms with Crippen molar-refractivity contribution in [3.8, 4) is 39.7 Å². The third-order valence-corrected chi connectivity index (χ3v) is 8.14. The Morgan fingerprint density at radius 1 is 0.442 bits per heavy atom. The lowest BCUT2D eigenvalue weighted by Gasteiger charge is -2.26. The van der Waals surface area contributed by atoms with Crippen LogP contribution in [0.15, 0.2) is 152 Å². The number of nitrogens with zero attached hydrogens (tertiary/aromatic N) is 3. The first-order chi connectivity index (χ1) is 21.3. The van der Waals surface area contributed by atoms with Gasteiger partial charge in [0.15, 0.2) is 17.5 Å². The molecule has 0 fully saturated rings. The van der Waals surface area contributed by atoms with Gasteiger partial charge < -0.3 is 4.74 Å². The molecule has 4 heteroatoms. The Morgan fingerprint density at radius 3 is 1.60 bits per heavy atom. The Labute approximate surface area is 250 Å². The summed E-state index contributed by atoms with van der Waals surface area (Å²) in [7, 11) is 0. The summed E-state index contributed by atoms with van der Waals surface area (Å²) in [6.45, 7) is 0. The number of aromatic nitrogens is 3. The highest BCUT2D eigenvalue weighted by molar-refractivity contribution is 5.99. The monoisotopic (exact) mass is 553 g/mol. The maximum Gasteiger partial charge on any atom is 0.164 e. The molecule has 0 N–H and O–H groups in total. The quantitative estimate of drug-likeness (QED) is 0.214. The summed E-state index contributed by atoms with van der Waals surface area (Å²) in [6, 6.07) is 47.8. The van der Waals surface area contributed by atoms with Gasteiger partial charge in [-0.3, -0.25) is 0 Å². The van der Waals surface area contributed by atoms with E-state index in [1.807, 2.05) is 54.6 Å². The molecule has 204 valence electrons. The number of para-hydroxylation sites is 1. The van der Waals surface area contributed by atoms with Crippen molar-refractivity contribution >= 4 is 11.1 Å². The minimum Gasteiger partial charge on any atom is -0.485 e. The van der Waals surface area contributed by atoms with Crippen LogP contribution < -0.4 is 4.74 Å². The largest absolute Gasteiger partial charge is 0.485 e. The van der Waals surface area contributed by atoms with Gasteiger partial charge in [-0.25, -0.2) is 15.0 Å². The van der Waals surface area contributed by atoms with Gasteiger partial charge >= 0.3 is 0 Å². The van der Waals surface area contributed by atoms with Gasteiger partial charge in [-0.05, 0) is 34.4 Å². The van der Waals surface area contributed by atoms with Crippen molar-refractivity contribution in [2.75, 3.05) is 0 Å². The first kappa shape index (κ1) is 25.1. The molecule has 5 aromatic carbocycles. The number of hydrogen-bond acceptors (Lipinski definition) is 4. The molecule has 43 heavy (non-hydrogen) atoms. The highest BCUT2D eigenvalue weighted by Gasteiger charge is 2.40. The van der Waals surface area contributed by atoms with Crippen molar-refractivity contribution in [1.82, 2.24) is 15.0 Å². The lowest BCUT2D eigenvalue weighted by molar-refractivity contribution is 0.271. The van der Waals surface area contributed by atoms with Gasteiger partial charge in [0.1, 0.15) is 11.9 Å². The summed E-state index contributed by atoms with van der Waals surface area (Å²) in [4.78, 5) is 15.4. The van der Waals surface area contributed by atoms with Crippen LogP contribution in [-0.4, -0.2) is 21.1 Å². The first-order valence-electron chi connectivity index (χ1n) is 14.5. The van der Waals surface area contributed by atoms with E-state index in [0.717, 1.165) is 44.7 Å². The molecule has 2 atom stereocenters. The molecule has 0 spiro atoms. The highest BCUT2D eigenvalue weighted by atomic mass is 16.5. The number of fused-ring (bicyclic) bond motifs is 3. The van der Waals surface area contributed by atoms with Gasteiger partial charge in [0.25, 0.3) is 0 Å². The van der Waals surface area contributed by atoms with Gasteiger partial charge in [-0.1, -0.05) is 140 Å². The average molecular weight is 554 g/mol.